The van der Waals surface area contributed by atoms with E-state index in [9.17, 15) is 9.59 Å². The normalized spacial score (nSPS) is 20.7. The maximum absolute atomic E-state index is 13.1. The van der Waals surface area contributed by atoms with Gasteiger partial charge in [0.2, 0.25) is 0 Å². The van der Waals surface area contributed by atoms with E-state index >= 15 is 0 Å². The van der Waals surface area contributed by atoms with Gasteiger partial charge in [-0.15, -0.1) is 0 Å². The summed E-state index contributed by atoms with van der Waals surface area (Å²) < 4.78 is 12.2. The van der Waals surface area contributed by atoms with Gasteiger partial charge in [0.1, 0.15) is 12.4 Å². The largest absolute Gasteiger partial charge is 0.462 e. The molecule has 0 N–H and O–H groups in total. The zero-order chi connectivity index (χ0) is 30.2. The molecule has 2 aromatic rings. The van der Waals surface area contributed by atoms with Crippen LogP contribution in [0.1, 0.15) is 103 Å². The summed E-state index contributed by atoms with van der Waals surface area (Å²) in [4.78, 5) is 24.0. The second-order valence-electron chi connectivity index (χ2n) is 12.1. The molecule has 0 unspecified atom stereocenters. The fourth-order valence-corrected chi connectivity index (χ4v) is 5.78. The van der Waals surface area contributed by atoms with E-state index in [4.69, 9.17) is 9.47 Å². The number of rotatable bonds is 16. The van der Waals surface area contributed by atoms with Crippen LogP contribution in [0, 0.1) is 29.6 Å². The van der Waals surface area contributed by atoms with E-state index in [0.717, 1.165) is 75.2 Å². The quantitative estimate of drug-likeness (QED) is 0.0876. The van der Waals surface area contributed by atoms with Crippen LogP contribution in [0.4, 0.5) is 0 Å². The molecule has 0 bridgehead atoms. The van der Waals surface area contributed by atoms with Crippen molar-refractivity contribution in [1.82, 2.24) is 0 Å². The third-order valence-electron chi connectivity index (χ3n) is 8.13. The van der Waals surface area contributed by atoms with E-state index in [1.807, 2.05) is 43.3 Å². The van der Waals surface area contributed by atoms with Gasteiger partial charge in [-0.1, -0.05) is 119 Å². The molecule has 0 amide bonds. The van der Waals surface area contributed by atoms with E-state index in [1.54, 1.807) is 0 Å². The van der Waals surface area contributed by atoms with Gasteiger partial charge in [0.15, 0.2) is 0 Å². The lowest BCUT2D eigenvalue weighted by molar-refractivity contribution is -0.154. The van der Waals surface area contributed by atoms with Crippen LogP contribution in [0.2, 0.25) is 0 Å². The molecular weight excluding hydrogens is 520 g/mol. The van der Waals surface area contributed by atoms with Gasteiger partial charge in [-0.3, -0.25) is 4.79 Å². The average molecular weight is 571 g/mol. The number of ether oxygens (including phenoxy) is 2. The van der Waals surface area contributed by atoms with Gasteiger partial charge in [-0.25, -0.2) is 0 Å². The minimum atomic E-state index is -0.142. The van der Waals surface area contributed by atoms with Crippen LogP contribution in [-0.2, 0) is 19.1 Å². The number of aldehydes is 1. The second kappa shape index (κ2) is 18.4. The molecule has 0 spiro atoms. The van der Waals surface area contributed by atoms with Crippen molar-refractivity contribution in [3.05, 3.63) is 77.4 Å². The predicted octanol–water partition coefficient (Wildman–Crippen LogP) is 8.83. The van der Waals surface area contributed by atoms with Crippen molar-refractivity contribution in [3.8, 4) is 11.8 Å². The summed E-state index contributed by atoms with van der Waals surface area (Å²) in [5.74, 6) is 7.16. The molecular formula is C38H50O4. The SMILES string of the molecule is CCC[C@H](C/C(=C\c1ccccc1)C[C@@H](C)C#Cc1ccccc1)OC(=O)[C@@H](C)CCCC[C@@H]1O[C@@H](CC=O)C[C@@H]1C. The maximum Gasteiger partial charge on any atom is 0.308 e. The molecule has 1 aliphatic rings. The van der Waals surface area contributed by atoms with Crippen LogP contribution >= 0.6 is 0 Å². The molecule has 1 aliphatic heterocycles. The Morgan fingerprint density at radius 2 is 1.74 bits per heavy atom. The third-order valence-corrected chi connectivity index (χ3v) is 8.13. The fourth-order valence-electron chi connectivity index (χ4n) is 5.78. The minimum absolute atomic E-state index is 0.0756. The van der Waals surface area contributed by atoms with Crippen molar-refractivity contribution in [2.24, 2.45) is 17.8 Å². The molecule has 4 heteroatoms. The van der Waals surface area contributed by atoms with E-state index in [2.05, 4.69) is 63.0 Å². The molecule has 2 aromatic carbocycles. The number of carbonyl (C=O) groups excluding carboxylic acids is 2. The van der Waals surface area contributed by atoms with Gasteiger partial charge < -0.3 is 14.3 Å². The first-order chi connectivity index (χ1) is 20.4. The summed E-state index contributed by atoms with van der Waals surface area (Å²) >= 11 is 0. The lowest BCUT2D eigenvalue weighted by Gasteiger charge is -2.22. The first kappa shape index (κ1) is 33.3. The van der Waals surface area contributed by atoms with Gasteiger partial charge in [-0.05, 0) is 55.7 Å². The Hall–Kier alpha value is -3.16. The molecule has 226 valence electrons. The number of carbonyl (C=O) groups is 2. The molecule has 1 fully saturated rings. The van der Waals surface area contributed by atoms with Crippen LogP contribution in [0.5, 0.6) is 0 Å². The minimum Gasteiger partial charge on any atom is -0.462 e. The Morgan fingerprint density at radius 1 is 1.02 bits per heavy atom. The van der Waals surface area contributed by atoms with Gasteiger partial charge in [0.25, 0.3) is 0 Å². The molecule has 0 radical (unpaired) electrons. The summed E-state index contributed by atoms with van der Waals surface area (Å²) in [5, 5.41) is 0. The number of hydrogen-bond donors (Lipinski definition) is 0. The highest BCUT2D eigenvalue weighted by Gasteiger charge is 2.31. The highest BCUT2D eigenvalue weighted by molar-refractivity contribution is 5.72. The van der Waals surface area contributed by atoms with E-state index in [-0.39, 0.29) is 36.1 Å². The van der Waals surface area contributed by atoms with Crippen molar-refractivity contribution < 1.29 is 19.1 Å². The van der Waals surface area contributed by atoms with E-state index in [1.165, 1.54) is 5.57 Å². The molecule has 6 atom stereocenters. The van der Waals surface area contributed by atoms with E-state index < -0.39 is 0 Å². The fraction of sp³-hybridized carbons (Fsp3) is 0.526. The Balaban J connectivity index is 1.55. The van der Waals surface area contributed by atoms with Crippen LogP contribution < -0.4 is 0 Å². The molecule has 1 saturated heterocycles. The van der Waals surface area contributed by atoms with Crippen LogP contribution in [-0.4, -0.2) is 30.6 Å². The van der Waals surface area contributed by atoms with Crippen LogP contribution in [0.25, 0.3) is 6.08 Å². The summed E-state index contributed by atoms with van der Waals surface area (Å²) in [6, 6.07) is 20.5. The first-order valence-electron chi connectivity index (χ1n) is 16.0. The Kier molecular flexibility index (Phi) is 14.6. The lowest BCUT2D eigenvalue weighted by atomic mass is 9.93. The highest BCUT2D eigenvalue weighted by atomic mass is 16.5. The molecule has 42 heavy (non-hydrogen) atoms. The molecule has 1 heterocycles. The first-order valence-corrected chi connectivity index (χ1v) is 16.0. The van der Waals surface area contributed by atoms with Crippen molar-refractivity contribution in [1.29, 1.82) is 0 Å². The molecule has 0 aliphatic carbocycles. The number of unbranched alkanes of at least 4 members (excludes halogenated alkanes) is 1. The van der Waals surface area contributed by atoms with Crippen molar-refractivity contribution >= 4 is 18.3 Å². The average Bonchev–Trinajstić information content (AvgIpc) is 3.33. The van der Waals surface area contributed by atoms with E-state index in [0.29, 0.717) is 12.3 Å². The van der Waals surface area contributed by atoms with Crippen molar-refractivity contribution in [2.75, 3.05) is 0 Å². The Labute approximate surface area is 254 Å². The Morgan fingerprint density at radius 3 is 2.43 bits per heavy atom. The summed E-state index contributed by atoms with van der Waals surface area (Å²) in [6.07, 6.45) is 11.9. The molecule has 3 rings (SSSR count). The smallest absolute Gasteiger partial charge is 0.308 e. The monoisotopic (exact) mass is 570 g/mol. The number of hydrogen-bond acceptors (Lipinski definition) is 4. The number of esters is 1. The third kappa shape index (κ3) is 12.0. The van der Waals surface area contributed by atoms with Gasteiger partial charge in [0.05, 0.1) is 18.1 Å². The molecule has 4 nitrogen and oxygen atoms in total. The highest BCUT2D eigenvalue weighted by Crippen LogP contribution is 2.31. The topological polar surface area (TPSA) is 52.6 Å². The van der Waals surface area contributed by atoms with Crippen LogP contribution in [0.15, 0.2) is 66.2 Å². The van der Waals surface area contributed by atoms with Gasteiger partial charge in [-0.2, -0.15) is 0 Å². The van der Waals surface area contributed by atoms with Gasteiger partial charge >= 0.3 is 5.97 Å². The van der Waals surface area contributed by atoms with Crippen LogP contribution in [0.3, 0.4) is 0 Å². The zero-order valence-corrected chi connectivity index (χ0v) is 26.1. The standard InChI is InChI=1S/C38H50O4/c1-5-14-35(42-38(40)30(3)15-12-13-20-37-31(4)26-36(41-37)23-24-39)28-34(27-33-18-10-7-11-19-33)25-29(2)21-22-32-16-8-6-9-17-32/h6-11,16-19,24,27,29-31,35-37H,5,12-15,20,23,25-26,28H2,1-4H3/b34-27-/t29-,30-,31-,35+,36-,37-/m0/s1. The van der Waals surface area contributed by atoms with Gasteiger partial charge in [0, 0.05) is 24.3 Å². The summed E-state index contributed by atoms with van der Waals surface area (Å²) in [5.41, 5.74) is 3.44. The second-order valence-corrected chi connectivity index (χ2v) is 12.1. The summed E-state index contributed by atoms with van der Waals surface area (Å²) in [6.45, 7) is 8.50. The number of benzene rings is 2. The predicted molar refractivity (Wildman–Crippen MR) is 172 cm³/mol. The summed E-state index contributed by atoms with van der Waals surface area (Å²) in [7, 11) is 0. The Bertz CT molecular complexity index is 1160. The molecule has 0 saturated carbocycles. The lowest BCUT2D eigenvalue weighted by Crippen LogP contribution is -2.24. The maximum atomic E-state index is 13.1. The zero-order valence-electron chi connectivity index (χ0n) is 26.1. The van der Waals surface area contributed by atoms with Crippen molar-refractivity contribution in [3.63, 3.8) is 0 Å². The molecule has 0 aromatic heterocycles. The van der Waals surface area contributed by atoms with Crippen molar-refractivity contribution in [2.45, 2.75) is 110 Å².